The predicted octanol–water partition coefficient (Wildman–Crippen LogP) is 6.53. The molecule has 0 aromatic carbocycles. The summed E-state index contributed by atoms with van der Waals surface area (Å²) in [5, 5.41) is 2.42. The molecular weight excluding hydrogens is 458 g/mol. The van der Waals surface area contributed by atoms with Crippen molar-refractivity contribution in [3.63, 3.8) is 0 Å². The van der Waals surface area contributed by atoms with Crippen molar-refractivity contribution >= 4 is 39.2 Å². The van der Waals surface area contributed by atoms with Gasteiger partial charge in [-0.1, -0.05) is 11.8 Å². The number of thiophene rings is 1. The second-order valence-corrected chi connectivity index (χ2v) is 14.2. The van der Waals surface area contributed by atoms with Crippen molar-refractivity contribution < 1.29 is 4.79 Å². The molecule has 6 aliphatic rings. The number of aromatic nitrogens is 2. The summed E-state index contributed by atoms with van der Waals surface area (Å²) < 4.78 is 0. The Kier molecular flexibility index (Phi) is 5.50. The lowest BCUT2D eigenvalue weighted by Gasteiger charge is -2.56. The predicted molar refractivity (Wildman–Crippen MR) is 140 cm³/mol. The molecule has 1 atom stereocenters. The quantitative estimate of drug-likeness (QED) is 0.357. The second kappa shape index (κ2) is 8.47. The third kappa shape index (κ3) is 3.65. The maximum absolute atomic E-state index is 13.2. The van der Waals surface area contributed by atoms with Gasteiger partial charge in [0.05, 0.1) is 5.75 Å². The fourth-order valence-corrected chi connectivity index (χ4v) is 10.8. The summed E-state index contributed by atoms with van der Waals surface area (Å²) in [6, 6.07) is 0.378. The van der Waals surface area contributed by atoms with Gasteiger partial charge in [0.15, 0.2) is 0 Å². The topological polar surface area (TPSA) is 46.1 Å². The van der Waals surface area contributed by atoms with E-state index in [9.17, 15) is 4.79 Å². The molecule has 1 amide bonds. The molecule has 1 aliphatic heterocycles. The first-order chi connectivity index (χ1) is 16.6. The van der Waals surface area contributed by atoms with Crippen LogP contribution in [0.25, 0.3) is 10.2 Å². The molecule has 1 saturated heterocycles. The van der Waals surface area contributed by atoms with E-state index in [2.05, 4.69) is 11.8 Å². The minimum Gasteiger partial charge on any atom is -0.339 e. The zero-order chi connectivity index (χ0) is 22.9. The number of carbonyl (C=O) groups is 1. The highest BCUT2D eigenvalue weighted by molar-refractivity contribution is 8.00. The van der Waals surface area contributed by atoms with E-state index in [-0.39, 0.29) is 5.41 Å². The maximum Gasteiger partial charge on any atom is 0.233 e. The van der Waals surface area contributed by atoms with Crippen LogP contribution in [0.1, 0.15) is 93.8 Å². The first-order valence-corrected chi connectivity index (χ1v) is 15.6. The van der Waals surface area contributed by atoms with Crippen molar-refractivity contribution in [3.05, 3.63) is 16.3 Å². The van der Waals surface area contributed by atoms with Crippen LogP contribution in [0.2, 0.25) is 0 Å². The van der Waals surface area contributed by atoms with Gasteiger partial charge in [0.2, 0.25) is 5.91 Å². The van der Waals surface area contributed by atoms with E-state index < -0.39 is 0 Å². The number of aryl methyl sites for hydroxylation is 2. The second-order valence-electron chi connectivity index (χ2n) is 12.2. The van der Waals surface area contributed by atoms with Crippen LogP contribution in [0.4, 0.5) is 0 Å². The lowest BCUT2D eigenvalue weighted by molar-refractivity contribution is -0.131. The molecule has 0 radical (unpaired) electrons. The molecule has 5 fully saturated rings. The van der Waals surface area contributed by atoms with Crippen LogP contribution in [0, 0.1) is 17.8 Å². The summed E-state index contributed by atoms with van der Waals surface area (Å²) >= 11 is 3.65. The lowest BCUT2D eigenvalue weighted by Crippen LogP contribution is -2.49. The Morgan fingerprint density at radius 1 is 1.03 bits per heavy atom. The summed E-state index contributed by atoms with van der Waals surface area (Å²) in [5.74, 6) is 4.62. The summed E-state index contributed by atoms with van der Waals surface area (Å²) in [5.41, 5.74) is 1.71. The van der Waals surface area contributed by atoms with Gasteiger partial charge in [-0.05, 0) is 114 Å². The minimum atomic E-state index is 0.203. The maximum atomic E-state index is 13.2. The summed E-state index contributed by atoms with van der Waals surface area (Å²) in [6.07, 6.45) is 16.7. The Morgan fingerprint density at radius 2 is 1.76 bits per heavy atom. The van der Waals surface area contributed by atoms with Crippen LogP contribution in [-0.4, -0.2) is 39.1 Å². The third-order valence-electron chi connectivity index (χ3n) is 9.75. The van der Waals surface area contributed by atoms with Gasteiger partial charge in [-0.25, -0.2) is 9.97 Å². The number of rotatable bonds is 4. The number of fused-ring (bicyclic) bond motifs is 3. The smallest absolute Gasteiger partial charge is 0.233 e. The minimum absolute atomic E-state index is 0.203. The SMILES string of the molecule is CC1CCCCN1C(=O)CSc1nc(C23CC4CC(CC(C4)C2)C3)nc2sc3c(c12)CCCC3. The van der Waals surface area contributed by atoms with Gasteiger partial charge >= 0.3 is 0 Å². The highest BCUT2D eigenvalue weighted by atomic mass is 32.2. The van der Waals surface area contributed by atoms with Crippen molar-refractivity contribution in [1.29, 1.82) is 0 Å². The molecule has 8 rings (SSSR count). The first-order valence-electron chi connectivity index (χ1n) is 13.8. The zero-order valence-corrected chi connectivity index (χ0v) is 22.1. The number of hydrogen-bond acceptors (Lipinski definition) is 5. The number of piperidine rings is 1. The van der Waals surface area contributed by atoms with Gasteiger partial charge in [-0.2, -0.15) is 0 Å². The number of hydrogen-bond donors (Lipinski definition) is 0. The molecule has 6 heteroatoms. The molecule has 0 N–H and O–H groups in total. The average molecular weight is 496 g/mol. The van der Waals surface area contributed by atoms with Crippen molar-refractivity contribution in [3.8, 4) is 0 Å². The van der Waals surface area contributed by atoms with Gasteiger partial charge < -0.3 is 4.90 Å². The van der Waals surface area contributed by atoms with Crippen LogP contribution in [0.3, 0.4) is 0 Å². The molecule has 4 saturated carbocycles. The standard InChI is InChI=1S/C28H37N3OS2/c1-17-6-4-5-9-31(17)23(32)16-33-25-24-21-7-2-3-8-22(21)34-26(24)30-27(29-25)28-13-18-10-19(14-28)12-20(11-18)15-28/h17-20H,2-16H2,1H3. The average Bonchev–Trinajstić information content (AvgIpc) is 3.20. The normalized spacial score (nSPS) is 34.6. The first kappa shape index (κ1) is 22.1. The number of likely N-dealkylation sites (tertiary alicyclic amines) is 1. The lowest BCUT2D eigenvalue weighted by atomic mass is 9.49. The van der Waals surface area contributed by atoms with Gasteiger partial charge in [0, 0.05) is 28.3 Å². The summed E-state index contributed by atoms with van der Waals surface area (Å²) in [6.45, 7) is 3.14. The van der Waals surface area contributed by atoms with Crippen LogP contribution in [-0.2, 0) is 23.1 Å². The molecule has 5 aliphatic carbocycles. The molecule has 4 nitrogen and oxygen atoms in total. The molecule has 1 unspecified atom stereocenters. The van der Waals surface area contributed by atoms with Crippen molar-refractivity contribution in [1.82, 2.24) is 14.9 Å². The van der Waals surface area contributed by atoms with E-state index in [1.165, 1.54) is 84.9 Å². The molecule has 4 bridgehead atoms. The Labute approximate surface area is 211 Å². The largest absolute Gasteiger partial charge is 0.339 e. The fourth-order valence-electron chi connectivity index (χ4n) is 8.53. The highest BCUT2D eigenvalue weighted by Gasteiger charge is 2.53. The van der Waals surface area contributed by atoms with Gasteiger partial charge in [-0.3, -0.25) is 4.79 Å². The van der Waals surface area contributed by atoms with E-state index in [1.807, 2.05) is 11.3 Å². The summed E-state index contributed by atoms with van der Waals surface area (Å²) in [4.78, 5) is 28.8. The molecule has 34 heavy (non-hydrogen) atoms. The molecular formula is C28H37N3OS2. The Morgan fingerprint density at radius 3 is 2.50 bits per heavy atom. The van der Waals surface area contributed by atoms with Crippen LogP contribution < -0.4 is 0 Å². The van der Waals surface area contributed by atoms with E-state index in [0.717, 1.165) is 54.4 Å². The Hall–Kier alpha value is -1.14. The van der Waals surface area contributed by atoms with E-state index in [4.69, 9.17) is 9.97 Å². The van der Waals surface area contributed by atoms with Gasteiger partial charge in [-0.15, -0.1) is 11.3 Å². The molecule has 2 aromatic heterocycles. The third-order valence-corrected chi connectivity index (χ3v) is 11.9. The number of carbonyl (C=O) groups excluding carboxylic acids is 1. The van der Waals surface area contributed by atoms with Crippen LogP contribution in [0.15, 0.2) is 5.03 Å². The van der Waals surface area contributed by atoms with E-state index in [0.29, 0.717) is 17.7 Å². The van der Waals surface area contributed by atoms with E-state index >= 15 is 0 Å². The Bertz CT molecular complexity index is 1090. The number of nitrogens with zero attached hydrogens (tertiary/aromatic N) is 3. The van der Waals surface area contributed by atoms with Gasteiger partial charge in [0.1, 0.15) is 15.7 Å². The molecule has 182 valence electrons. The molecule has 0 spiro atoms. The van der Waals surface area contributed by atoms with E-state index in [1.54, 1.807) is 11.8 Å². The van der Waals surface area contributed by atoms with Crippen LogP contribution >= 0.6 is 23.1 Å². The highest BCUT2D eigenvalue weighted by Crippen LogP contribution is 2.60. The number of amides is 1. The van der Waals surface area contributed by atoms with Crippen molar-refractivity contribution in [2.75, 3.05) is 12.3 Å². The van der Waals surface area contributed by atoms with Crippen LogP contribution in [0.5, 0.6) is 0 Å². The monoisotopic (exact) mass is 495 g/mol. The number of thioether (sulfide) groups is 1. The fraction of sp³-hybridized carbons (Fsp3) is 0.750. The zero-order valence-electron chi connectivity index (χ0n) is 20.5. The Balaban J connectivity index is 1.26. The van der Waals surface area contributed by atoms with Crippen molar-refractivity contribution in [2.45, 2.75) is 107 Å². The molecule has 3 heterocycles. The van der Waals surface area contributed by atoms with Crippen molar-refractivity contribution in [2.24, 2.45) is 17.8 Å². The van der Waals surface area contributed by atoms with Gasteiger partial charge in [0.25, 0.3) is 0 Å². The molecule has 2 aromatic rings. The summed E-state index contributed by atoms with van der Waals surface area (Å²) in [7, 11) is 0.